The lowest BCUT2D eigenvalue weighted by atomic mass is 10.0. The number of likely N-dealkylation sites (tertiary alicyclic amines) is 1. The van der Waals surface area contributed by atoms with Crippen LogP contribution in [0, 0.1) is 0 Å². The number of carbonyl (C=O) groups excluding carboxylic acids is 2. The Balaban J connectivity index is 1.05. The number of nitrogens with zero attached hydrogens (tertiary/aromatic N) is 8. The molecule has 6 heterocycles. The highest BCUT2D eigenvalue weighted by atomic mass is 32.2. The van der Waals surface area contributed by atoms with Crippen molar-refractivity contribution in [2.24, 2.45) is 0 Å². The zero-order valence-electron chi connectivity index (χ0n) is 27.9. The van der Waals surface area contributed by atoms with E-state index >= 15 is 0 Å². The molecule has 16 heteroatoms. The average molecular weight is 710 g/mol. The number of hydrogen-bond donors (Lipinski definition) is 1. The van der Waals surface area contributed by atoms with Crippen LogP contribution in [0.1, 0.15) is 36.0 Å². The number of rotatable bonds is 10. The van der Waals surface area contributed by atoms with Gasteiger partial charge in [-0.3, -0.25) is 24.1 Å². The summed E-state index contributed by atoms with van der Waals surface area (Å²) in [7, 11) is 0. The van der Waals surface area contributed by atoms with Crippen molar-refractivity contribution in [3.8, 4) is 17.0 Å². The van der Waals surface area contributed by atoms with Gasteiger partial charge in [0, 0.05) is 93.6 Å². The Labute approximate surface area is 292 Å². The van der Waals surface area contributed by atoms with Gasteiger partial charge in [0.2, 0.25) is 5.91 Å². The van der Waals surface area contributed by atoms with Gasteiger partial charge in [0.15, 0.2) is 5.65 Å². The van der Waals surface area contributed by atoms with Crippen molar-refractivity contribution in [1.82, 2.24) is 39.1 Å². The topological polar surface area (TPSA) is 122 Å². The molecule has 3 saturated heterocycles. The number of alkyl halides is 2. The number of benzene rings is 1. The molecule has 1 N–H and O–H groups in total. The molecule has 13 nitrogen and oxygen atoms in total. The van der Waals surface area contributed by atoms with E-state index < -0.39 is 12.5 Å². The zero-order chi connectivity index (χ0) is 34.6. The van der Waals surface area contributed by atoms with Crippen molar-refractivity contribution >= 4 is 34.9 Å². The third-order valence-corrected chi connectivity index (χ3v) is 10.6. The first-order valence-electron chi connectivity index (χ1n) is 17.0. The van der Waals surface area contributed by atoms with Gasteiger partial charge in [-0.05, 0) is 56.2 Å². The first kappa shape index (κ1) is 34.3. The minimum atomic E-state index is -3.07. The minimum absolute atomic E-state index is 0.0805. The van der Waals surface area contributed by atoms with E-state index in [1.807, 2.05) is 11.2 Å². The quantitative estimate of drug-likeness (QED) is 0.242. The van der Waals surface area contributed by atoms with Crippen molar-refractivity contribution < 1.29 is 27.8 Å². The number of hydrogen-bond acceptors (Lipinski definition) is 10. The van der Waals surface area contributed by atoms with Gasteiger partial charge in [-0.25, -0.2) is 9.50 Å². The third-order valence-electron chi connectivity index (χ3n) is 9.88. The summed E-state index contributed by atoms with van der Waals surface area (Å²) in [6, 6.07) is 7.57. The van der Waals surface area contributed by atoms with E-state index in [9.17, 15) is 18.4 Å². The molecule has 1 aromatic carbocycles. The first-order valence-corrected chi connectivity index (χ1v) is 18.2. The molecule has 4 aromatic rings. The van der Waals surface area contributed by atoms with Crippen LogP contribution in [0.25, 0.3) is 16.9 Å². The van der Waals surface area contributed by atoms with Gasteiger partial charge < -0.3 is 19.7 Å². The number of fused-ring (bicyclic) bond motifs is 1. The van der Waals surface area contributed by atoms with Crippen molar-refractivity contribution in [1.29, 1.82) is 0 Å². The molecule has 0 radical (unpaired) electrons. The number of thioether (sulfide) groups is 1. The lowest BCUT2D eigenvalue weighted by molar-refractivity contribution is -0.133. The molecule has 3 fully saturated rings. The normalized spacial score (nSPS) is 18.6. The summed E-state index contributed by atoms with van der Waals surface area (Å²) in [5, 5.41) is 11.7. The number of piperazine rings is 1. The number of anilines is 1. The van der Waals surface area contributed by atoms with Gasteiger partial charge in [0.1, 0.15) is 23.6 Å². The van der Waals surface area contributed by atoms with E-state index in [1.165, 1.54) is 33.2 Å². The highest BCUT2D eigenvalue weighted by Crippen LogP contribution is 2.38. The molecular weight excluding hydrogens is 668 g/mol. The number of aromatic nitrogens is 5. The monoisotopic (exact) mass is 709 g/mol. The van der Waals surface area contributed by atoms with Crippen LogP contribution < -0.4 is 10.1 Å². The van der Waals surface area contributed by atoms with Gasteiger partial charge in [-0.15, -0.1) is 11.8 Å². The molecule has 0 spiro atoms. The Kier molecular flexibility index (Phi) is 10.6. The predicted octanol–water partition coefficient (Wildman–Crippen LogP) is 3.96. The number of nitrogens with one attached hydrogen (secondary N) is 1. The highest BCUT2D eigenvalue weighted by Gasteiger charge is 2.32. The van der Waals surface area contributed by atoms with Crippen molar-refractivity contribution in [3.63, 3.8) is 0 Å². The average Bonchev–Trinajstić information content (AvgIpc) is 3.76. The molecular formula is C34H41F2N9O4S. The number of piperidine rings is 1. The summed E-state index contributed by atoms with van der Waals surface area (Å²) in [5.74, 6) is -0.717. The maximum Gasteiger partial charge on any atom is 0.387 e. The van der Waals surface area contributed by atoms with Crippen LogP contribution in [-0.4, -0.2) is 128 Å². The van der Waals surface area contributed by atoms with Gasteiger partial charge in [-0.2, -0.15) is 19.0 Å². The minimum Gasteiger partial charge on any atom is -0.434 e. The first-order chi connectivity index (χ1) is 24.4. The highest BCUT2D eigenvalue weighted by molar-refractivity contribution is 7.98. The van der Waals surface area contributed by atoms with Gasteiger partial charge in [0.05, 0.1) is 11.9 Å². The third kappa shape index (κ3) is 7.62. The number of amides is 2. The molecule has 3 aliphatic rings. The van der Waals surface area contributed by atoms with Gasteiger partial charge in [0.25, 0.3) is 5.91 Å². The van der Waals surface area contributed by atoms with E-state index in [0.29, 0.717) is 30.8 Å². The fraction of sp³-hybridized carbons (Fsp3) is 0.500. The molecule has 3 aliphatic heterocycles. The number of halogens is 2. The summed E-state index contributed by atoms with van der Waals surface area (Å²) in [5.41, 5.74) is 1.25. The predicted molar refractivity (Wildman–Crippen MR) is 184 cm³/mol. The van der Waals surface area contributed by atoms with Crippen LogP contribution in [0.15, 0.2) is 53.9 Å². The van der Waals surface area contributed by atoms with E-state index in [4.69, 9.17) is 9.47 Å². The summed E-state index contributed by atoms with van der Waals surface area (Å²) in [6.07, 6.45) is 12.1. The van der Waals surface area contributed by atoms with E-state index in [1.54, 1.807) is 36.8 Å². The second kappa shape index (κ2) is 15.4. The van der Waals surface area contributed by atoms with E-state index in [0.717, 1.165) is 70.0 Å². The van der Waals surface area contributed by atoms with E-state index in [2.05, 4.69) is 30.3 Å². The summed E-state index contributed by atoms with van der Waals surface area (Å²) < 4.78 is 40.3. The molecule has 50 heavy (non-hydrogen) atoms. The SMILES string of the molecule is CSc1ccc(OC(F)F)c(-c2nn(CC(=O)N3CCC(N4CCN(C5CCOCC5)CC4)CC3)cc2NC(=O)c2cnn3cccnc23)c1. The largest absolute Gasteiger partial charge is 0.434 e. The Morgan fingerprint density at radius 1 is 1.04 bits per heavy atom. The maximum atomic E-state index is 13.6. The standard InChI is InChI=1S/C34H41F2N9O4S/c1-50-25-3-4-29(49-34(35)36)26(19-25)31-28(39-33(47)27-20-38-45-10-2-9-37-32(27)45)21-44(40-31)22-30(46)43-11-5-23(6-12-43)41-13-15-42(16-14-41)24-7-17-48-18-8-24/h2-4,9-10,19-21,23-24,34H,5-8,11-18,22H2,1H3,(H,39,47). The summed E-state index contributed by atoms with van der Waals surface area (Å²) >= 11 is 1.42. The molecule has 7 rings (SSSR count). The Hall–Kier alpha value is -4.12. The van der Waals surface area contributed by atoms with Crippen LogP contribution in [0.2, 0.25) is 0 Å². The van der Waals surface area contributed by atoms with Crippen molar-refractivity contribution in [2.75, 3.05) is 64.1 Å². The maximum absolute atomic E-state index is 13.6. The number of carbonyl (C=O) groups is 2. The lowest BCUT2D eigenvalue weighted by Crippen LogP contribution is -2.56. The van der Waals surface area contributed by atoms with E-state index in [-0.39, 0.29) is 40.7 Å². The molecule has 0 unspecified atom stereocenters. The summed E-state index contributed by atoms with van der Waals surface area (Å²) in [4.78, 5) is 39.2. The molecule has 266 valence electrons. The van der Waals surface area contributed by atoms with Gasteiger partial charge >= 0.3 is 6.61 Å². The van der Waals surface area contributed by atoms with Crippen molar-refractivity contribution in [3.05, 3.63) is 54.6 Å². The fourth-order valence-electron chi connectivity index (χ4n) is 7.23. The Morgan fingerprint density at radius 2 is 1.76 bits per heavy atom. The molecule has 2 amide bonds. The molecule has 0 aliphatic carbocycles. The summed E-state index contributed by atoms with van der Waals surface area (Å²) in [6.45, 7) is 4.07. The molecule has 0 atom stereocenters. The molecule has 0 saturated carbocycles. The Morgan fingerprint density at radius 3 is 2.46 bits per heavy atom. The lowest BCUT2D eigenvalue weighted by Gasteiger charge is -2.45. The van der Waals surface area contributed by atoms with Crippen LogP contribution in [-0.2, 0) is 16.1 Å². The van der Waals surface area contributed by atoms with Crippen LogP contribution >= 0.6 is 11.8 Å². The van der Waals surface area contributed by atoms with Crippen LogP contribution in [0.5, 0.6) is 5.75 Å². The fourth-order valence-corrected chi connectivity index (χ4v) is 7.67. The molecule has 3 aromatic heterocycles. The van der Waals surface area contributed by atoms with Crippen molar-refractivity contribution in [2.45, 2.75) is 55.8 Å². The second-order valence-corrected chi connectivity index (χ2v) is 13.6. The zero-order valence-corrected chi connectivity index (χ0v) is 28.7. The smallest absolute Gasteiger partial charge is 0.387 e. The van der Waals surface area contributed by atoms with Crippen LogP contribution in [0.3, 0.4) is 0 Å². The second-order valence-electron chi connectivity index (χ2n) is 12.8. The Bertz CT molecular complexity index is 1800. The number of ether oxygens (including phenoxy) is 2. The van der Waals surface area contributed by atoms with Crippen LogP contribution in [0.4, 0.5) is 14.5 Å². The molecule has 0 bridgehead atoms. The van der Waals surface area contributed by atoms with Gasteiger partial charge in [-0.1, -0.05) is 0 Å².